The van der Waals surface area contributed by atoms with Crippen molar-refractivity contribution in [2.75, 3.05) is 6.54 Å². The molecule has 0 aromatic heterocycles. The van der Waals surface area contributed by atoms with Gasteiger partial charge in [-0.1, -0.05) is 39.0 Å². The average molecular weight is 205 g/mol. The molecule has 1 aromatic carbocycles. The van der Waals surface area contributed by atoms with Gasteiger partial charge >= 0.3 is 0 Å². The van der Waals surface area contributed by atoms with Gasteiger partial charge in [-0.3, -0.25) is 0 Å². The molecule has 1 heteroatoms. The Labute approximate surface area is 93.7 Å². The van der Waals surface area contributed by atoms with Crippen molar-refractivity contribution in [1.29, 1.82) is 0 Å². The Bertz CT molecular complexity index is 315. The van der Waals surface area contributed by atoms with Crippen LogP contribution in [-0.2, 0) is 0 Å². The van der Waals surface area contributed by atoms with E-state index in [1.165, 1.54) is 16.7 Å². The van der Waals surface area contributed by atoms with E-state index in [1.54, 1.807) is 0 Å². The Hall–Kier alpha value is -0.820. The first kappa shape index (κ1) is 12.3. The molecule has 0 saturated heterocycles. The minimum absolute atomic E-state index is 0.577. The molecule has 1 rings (SSSR count). The quantitative estimate of drug-likeness (QED) is 0.799. The zero-order chi connectivity index (χ0) is 11.4. The SMILES string of the molecule is Cc1ccc(C(C)C)cc1C(C)CCN. The lowest BCUT2D eigenvalue weighted by atomic mass is 9.90. The fourth-order valence-corrected chi connectivity index (χ4v) is 1.95. The maximum absolute atomic E-state index is 5.61. The second-order valence-corrected chi connectivity index (χ2v) is 4.75. The van der Waals surface area contributed by atoms with Crippen molar-refractivity contribution in [3.05, 3.63) is 34.9 Å². The second kappa shape index (κ2) is 5.32. The Kier molecular flexibility index (Phi) is 4.34. The lowest BCUT2D eigenvalue weighted by molar-refractivity contribution is 0.683. The van der Waals surface area contributed by atoms with Crippen molar-refractivity contribution in [3.8, 4) is 0 Å². The van der Waals surface area contributed by atoms with Crippen LogP contribution in [0.5, 0.6) is 0 Å². The van der Waals surface area contributed by atoms with Gasteiger partial charge in [0.05, 0.1) is 0 Å². The lowest BCUT2D eigenvalue weighted by Crippen LogP contribution is -2.06. The molecule has 0 aliphatic rings. The van der Waals surface area contributed by atoms with Crippen molar-refractivity contribution >= 4 is 0 Å². The van der Waals surface area contributed by atoms with Crippen molar-refractivity contribution in [3.63, 3.8) is 0 Å². The van der Waals surface area contributed by atoms with Gasteiger partial charge < -0.3 is 5.73 Å². The molecule has 15 heavy (non-hydrogen) atoms. The van der Waals surface area contributed by atoms with Gasteiger partial charge in [-0.2, -0.15) is 0 Å². The highest BCUT2D eigenvalue weighted by atomic mass is 14.5. The molecule has 0 aliphatic carbocycles. The van der Waals surface area contributed by atoms with Crippen LogP contribution in [0.25, 0.3) is 0 Å². The third-order valence-electron chi connectivity index (χ3n) is 3.10. The maximum Gasteiger partial charge on any atom is -0.00715 e. The van der Waals surface area contributed by atoms with Crippen LogP contribution in [0.3, 0.4) is 0 Å². The normalized spacial score (nSPS) is 13.2. The van der Waals surface area contributed by atoms with Crippen molar-refractivity contribution in [2.24, 2.45) is 5.73 Å². The highest BCUT2D eigenvalue weighted by molar-refractivity contribution is 5.34. The number of rotatable bonds is 4. The van der Waals surface area contributed by atoms with Gasteiger partial charge in [-0.25, -0.2) is 0 Å². The third-order valence-corrected chi connectivity index (χ3v) is 3.10. The first-order chi connectivity index (χ1) is 7.06. The standard InChI is InChI=1S/C14H23N/c1-10(2)13-6-5-11(3)14(9-13)12(4)7-8-15/h5-6,9-10,12H,7-8,15H2,1-4H3. The van der Waals surface area contributed by atoms with Gasteiger partial charge in [-0.15, -0.1) is 0 Å². The molecular formula is C14H23N. The Morgan fingerprint density at radius 3 is 2.40 bits per heavy atom. The third kappa shape index (κ3) is 3.07. The van der Waals surface area contributed by atoms with Crippen molar-refractivity contribution in [2.45, 2.75) is 46.0 Å². The van der Waals surface area contributed by atoms with E-state index in [4.69, 9.17) is 5.73 Å². The Morgan fingerprint density at radius 2 is 1.87 bits per heavy atom. The number of benzene rings is 1. The van der Waals surface area contributed by atoms with Gasteiger partial charge in [0, 0.05) is 0 Å². The van der Waals surface area contributed by atoms with E-state index >= 15 is 0 Å². The van der Waals surface area contributed by atoms with Crippen LogP contribution in [0, 0.1) is 6.92 Å². The van der Waals surface area contributed by atoms with Gasteiger partial charge in [0.15, 0.2) is 0 Å². The predicted molar refractivity (Wildman–Crippen MR) is 67.4 cm³/mol. The summed E-state index contributed by atoms with van der Waals surface area (Å²) in [7, 11) is 0. The van der Waals surface area contributed by atoms with Crippen molar-refractivity contribution in [1.82, 2.24) is 0 Å². The fourth-order valence-electron chi connectivity index (χ4n) is 1.95. The topological polar surface area (TPSA) is 26.0 Å². The van der Waals surface area contributed by atoms with Crippen molar-refractivity contribution < 1.29 is 0 Å². The number of nitrogens with two attached hydrogens (primary N) is 1. The molecule has 1 atom stereocenters. The molecule has 0 aliphatic heterocycles. The highest BCUT2D eigenvalue weighted by Crippen LogP contribution is 2.26. The summed E-state index contributed by atoms with van der Waals surface area (Å²) >= 11 is 0. The highest BCUT2D eigenvalue weighted by Gasteiger charge is 2.09. The molecular weight excluding hydrogens is 182 g/mol. The molecule has 0 spiro atoms. The van der Waals surface area contributed by atoms with E-state index < -0.39 is 0 Å². The first-order valence-corrected chi connectivity index (χ1v) is 5.86. The largest absolute Gasteiger partial charge is 0.330 e. The molecule has 0 heterocycles. The van der Waals surface area contributed by atoms with Crippen LogP contribution >= 0.6 is 0 Å². The molecule has 84 valence electrons. The lowest BCUT2D eigenvalue weighted by Gasteiger charge is -2.16. The van der Waals surface area contributed by atoms with Gasteiger partial charge in [0.2, 0.25) is 0 Å². The van der Waals surface area contributed by atoms with E-state index in [9.17, 15) is 0 Å². The molecule has 1 unspecified atom stereocenters. The van der Waals surface area contributed by atoms with Gasteiger partial charge in [0.25, 0.3) is 0 Å². The summed E-state index contributed by atoms with van der Waals surface area (Å²) in [5.74, 6) is 1.18. The molecule has 0 fully saturated rings. The summed E-state index contributed by atoms with van der Waals surface area (Å²) in [5.41, 5.74) is 9.90. The maximum atomic E-state index is 5.61. The van der Waals surface area contributed by atoms with Gasteiger partial charge in [0.1, 0.15) is 0 Å². The second-order valence-electron chi connectivity index (χ2n) is 4.75. The van der Waals surface area contributed by atoms with E-state index in [2.05, 4.69) is 45.9 Å². The van der Waals surface area contributed by atoms with Crippen LogP contribution in [0.2, 0.25) is 0 Å². The summed E-state index contributed by atoms with van der Waals surface area (Å²) in [6, 6.07) is 6.82. The Balaban J connectivity index is 2.99. The van der Waals surface area contributed by atoms with E-state index in [0.29, 0.717) is 11.8 Å². The Morgan fingerprint density at radius 1 is 1.20 bits per heavy atom. The van der Waals surface area contributed by atoms with Crippen LogP contribution in [-0.4, -0.2) is 6.54 Å². The van der Waals surface area contributed by atoms with E-state index in [-0.39, 0.29) is 0 Å². The average Bonchev–Trinajstić information content (AvgIpc) is 2.18. The number of hydrogen-bond donors (Lipinski definition) is 1. The first-order valence-electron chi connectivity index (χ1n) is 5.86. The van der Waals surface area contributed by atoms with Crippen LogP contribution < -0.4 is 5.73 Å². The van der Waals surface area contributed by atoms with Crippen LogP contribution in [0.4, 0.5) is 0 Å². The minimum Gasteiger partial charge on any atom is -0.330 e. The molecule has 0 amide bonds. The molecule has 1 nitrogen and oxygen atoms in total. The summed E-state index contributed by atoms with van der Waals surface area (Å²) in [5, 5.41) is 0. The monoisotopic (exact) mass is 205 g/mol. The predicted octanol–water partition coefficient (Wildman–Crippen LogP) is 3.57. The zero-order valence-corrected chi connectivity index (χ0v) is 10.4. The summed E-state index contributed by atoms with van der Waals surface area (Å²) < 4.78 is 0. The minimum atomic E-state index is 0.577. The van der Waals surface area contributed by atoms with E-state index in [0.717, 1.165) is 13.0 Å². The molecule has 2 N–H and O–H groups in total. The fraction of sp³-hybridized carbons (Fsp3) is 0.571. The molecule has 0 saturated carbocycles. The molecule has 0 radical (unpaired) electrons. The number of hydrogen-bond acceptors (Lipinski definition) is 1. The number of aryl methyl sites for hydroxylation is 1. The summed E-state index contributed by atoms with van der Waals surface area (Å²) in [6.45, 7) is 9.70. The smallest absolute Gasteiger partial charge is 0.00715 e. The van der Waals surface area contributed by atoms with Crippen LogP contribution in [0.1, 0.15) is 55.7 Å². The zero-order valence-electron chi connectivity index (χ0n) is 10.4. The molecule has 0 bridgehead atoms. The van der Waals surface area contributed by atoms with Gasteiger partial charge in [-0.05, 0) is 48.4 Å². The molecule has 1 aromatic rings. The summed E-state index contributed by atoms with van der Waals surface area (Å²) in [4.78, 5) is 0. The van der Waals surface area contributed by atoms with Crippen LogP contribution in [0.15, 0.2) is 18.2 Å². The summed E-state index contributed by atoms with van der Waals surface area (Å²) in [6.07, 6.45) is 1.07. The van der Waals surface area contributed by atoms with E-state index in [1.807, 2.05) is 0 Å².